The number of nitrogens with one attached hydrogen (secondary N) is 2. The minimum Gasteiger partial charge on any atom is -0.478 e. The Labute approximate surface area is 137 Å². The quantitative estimate of drug-likeness (QED) is 0.675. The number of rotatable bonds is 3. The molecular formula is C15H19IN2O3. The Morgan fingerprint density at radius 2 is 2.10 bits per heavy atom. The number of urea groups is 1. The molecule has 5 nitrogen and oxygen atoms in total. The predicted molar refractivity (Wildman–Crippen MR) is 89.7 cm³/mol. The molecule has 1 saturated carbocycles. The van der Waals surface area contributed by atoms with Crippen LogP contribution in [0.4, 0.5) is 10.5 Å². The van der Waals surface area contributed by atoms with Crippen LogP contribution in [-0.4, -0.2) is 23.1 Å². The third-order valence-electron chi connectivity index (χ3n) is 3.73. The Bertz CT molecular complexity index is 548. The maximum absolute atomic E-state index is 12.0. The van der Waals surface area contributed by atoms with E-state index in [4.69, 9.17) is 0 Å². The van der Waals surface area contributed by atoms with Gasteiger partial charge in [-0.15, -0.1) is 0 Å². The molecule has 21 heavy (non-hydrogen) atoms. The number of carboxylic acids is 1. The summed E-state index contributed by atoms with van der Waals surface area (Å²) in [6, 6.07) is 4.77. The number of amides is 2. The molecule has 114 valence electrons. The van der Waals surface area contributed by atoms with Crippen LogP contribution in [0.15, 0.2) is 18.2 Å². The van der Waals surface area contributed by atoms with E-state index in [-0.39, 0.29) is 17.6 Å². The molecular weight excluding hydrogens is 383 g/mol. The Morgan fingerprint density at radius 3 is 2.76 bits per heavy atom. The molecule has 0 heterocycles. The largest absolute Gasteiger partial charge is 0.478 e. The number of benzene rings is 1. The fourth-order valence-electron chi connectivity index (χ4n) is 2.71. The molecule has 6 heteroatoms. The number of anilines is 1. The van der Waals surface area contributed by atoms with Crippen molar-refractivity contribution in [1.82, 2.24) is 5.32 Å². The number of hydrogen-bond donors (Lipinski definition) is 3. The van der Waals surface area contributed by atoms with Crippen molar-refractivity contribution in [1.29, 1.82) is 0 Å². The Kier molecular flexibility index (Phi) is 5.44. The Morgan fingerprint density at radius 1 is 1.33 bits per heavy atom. The van der Waals surface area contributed by atoms with Crippen molar-refractivity contribution < 1.29 is 14.7 Å². The van der Waals surface area contributed by atoms with E-state index in [9.17, 15) is 14.7 Å². The maximum atomic E-state index is 12.0. The lowest BCUT2D eigenvalue weighted by molar-refractivity contribution is 0.0698. The number of carbonyl (C=O) groups is 2. The summed E-state index contributed by atoms with van der Waals surface area (Å²) < 4.78 is 0.817. The molecule has 2 atom stereocenters. The molecule has 1 aliphatic carbocycles. The van der Waals surface area contributed by atoms with E-state index >= 15 is 0 Å². The van der Waals surface area contributed by atoms with Gasteiger partial charge in [0.15, 0.2) is 0 Å². The fraction of sp³-hybridized carbons (Fsp3) is 0.467. The SMILES string of the molecule is CC1CCCC(NC(=O)Nc2ccc(I)cc2C(=O)O)C1. The number of hydrogen-bond acceptors (Lipinski definition) is 2. The van der Waals surface area contributed by atoms with Crippen molar-refractivity contribution >= 4 is 40.3 Å². The molecule has 3 N–H and O–H groups in total. The highest BCUT2D eigenvalue weighted by molar-refractivity contribution is 14.1. The van der Waals surface area contributed by atoms with Crippen molar-refractivity contribution in [3.8, 4) is 0 Å². The number of carboxylic acid groups (broad SMARTS) is 1. The third-order valence-corrected chi connectivity index (χ3v) is 4.40. The second kappa shape index (κ2) is 7.11. The zero-order valence-corrected chi connectivity index (χ0v) is 14.0. The number of carbonyl (C=O) groups excluding carboxylic acids is 1. The van der Waals surface area contributed by atoms with Gasteiger partial charge in [-0.1, -0.05) is 19.8 Å². The van der Waals surface area contributed by atoms with E-state index in [0.29, 0.717) is 11.6 Å². The highest BCUT2D eigenvalue weighted by Crippen LogP contribution is 2.24. The first kappa shape index (κ1) is 16.1. The first-order chi connectivity index (χ1) is 9.95. The second-order valence-electron chi connectivity index (χ2n) is 5.56. The van der Waals surface area contributed by atoms with E-state index in [0.717, 1.165) is 22.8 Å². The van der Waals surface area contributed by atoms with Gasteiger partial charge in [-0.25, -0.2) is 9.59 Å². The van der Waals surface area contributed by atoms with Crippen LogP contribution >= 0.6 is 22.6 Å². The molecule has 1 aliphatic rings. The molecule has 0 bridgehead atoms. The standard InChI is InChI=1S/C15H19IN2O3/c1-9-3-2-4-11(7-9)17-15(21)18-13-6-5-10(16)8-12(13)14(19)20/h5-6,8-9,11H,2-4,7H2,1H3,(H,19,20)(H2,17,18,21). The first-order valence-corrected chi connectivity index (χ1v) is 8.14. The minimum absolute atomic E-state index is 0.106. The van der Waals surface area contributed by atoms with Gasteiger partial charge in [0.1, 0.15) is 0 Å². The summed E-state index contributed by atoms with van der Waals surface area (Å²) in [4.78, 5) is 23.2. The molecule has 2 rings (SSSR count). The van der Waals surface area contributed by atoms with Crippen molar-refractivity contribution in [3.63, 3.8) is 0 Å². The molecule has 0 spiro atoms. The lowest BCUT2D eigenvalue weighted by Crippen LogP contribution is -2.40. The first-order valence-electron chi connectivity index (χ1n) is 7.06. The summed E-state index contributed by atoms with van der Waals surface area (Å²) in [5.41, 5.74) is 0.429. The van der Waals surface area contributed by atoms with E-state index in [1.807, 2.05) is 22.6 Å². The molecule has 0 radical (unpaired) electrons. The monoisotopic (exact) mass is 402 g/mol. The van der Waals surface area contributed by atoms with Crippen LogP contribution in [0.5, 0.6) is 0 Å². The molecule has 0 saturated heterocycles. The summed E-state index contributed by atoms with van der Waals surface area (Å²) in [7, 11) is 0. The lowest BCUT2D eigenvalue weighted by Gasteiger charge is -2.27. The van der Waals surface area contributed by atoms with Gasteiger partial charge >= 0.3 is 12.0 Å². The summed E-state index contributed by atoms with van der Waals surface area (Å²) >= 11 is 2.04. The molecule has 2 amide bonds. The minimum atomic E-state index is -1.05. The van der Waals surface area contributed by atoms with Crippen molar-refractivity contribution in [2.75, 3.05) is 5.32 Å². The highest BCUT2D eigenvalue weighted by atomic mass is 127. The van der Waals surface area contributed by atoms with Gasteiger partial charge < -0.3 is 15.7 Å². The van der Waals surface area contributed by atoms with Gasteiger partial charge in [0, 0.05) is 9.61 Å². The summed E-state index contributed by atoms with van der Waals surface area (Å²) in [6.07, 6.45) is 4.29. The fourth-order valence-corrected chi connectivity index (χ4v) is 3.20. The van der Waals surface area contributed by atoms with Crippen LogP contribution in [0.3, 0.4) is 0 Å². The topological polar surface area (TPSA) is 78.4 Å². The van der Waals surface area contributed by atoms with Crippen LogP contribution in [0.25, 0.3) is 0 Å². The average molecular weight is 402 g/mol. The zero-order valence-electron chi connectivity index (χ0n) is 11.9. The van der Waals surface area contributed by atoms with Gasteiger partial charge in [0.2, 0.25) is 0 Å². The maximum Gasteiger partial charge on any atom is 0.337 e. The van der Waals surface area contributed by atoms with E-state index in [1.54, 1.807) is 18.2 Å². The van der Waals surface area contributed by atoms with Crippen LogP contribution < -0.4 is 10.6 Å². The summed E-state index contributed by atoms with van der Waals surface area (Å²) in [5, 5.41) is 14.8. The Balaban J connectivity index is 2.01. The third kappa shape index (κ3) is 4.59. The molecule has 1 fully saturated rings. The summed E-state index contributed by atoms with van der Waals surface area (Å²) in [6.45, 7) is 2.19. The zero-order chi connectivity index (χ0) is 15.4. The van der Waals surface area contributed by atoms with Crippen LogP contribution in [-0.2, 0) is 0 Å². The van der Waals surface area contributed by atoms with Gasteiger partial charge in [-0.3, -0.25) is 0 Å². The van der Waals surface area contributed by atoms with Crippen molar-refractivity contribution in [3.05, 3.63) is 27.3 Å². The van der Waals surface area contributed by atoms with Gasteiger partial charge in [0.25, 0.3) is 0 Å². The van der Waals surface area contributed by atoms with Crippen molar-refractivity contribution in [2.45, 2.75) is 38.6 Å². The van der Waals surface area contributed by atoms with E-state index in [2.05, 4.69) is 17.6 Å². The van der Waals surface area contributed by atoms with E-state index < -0.39 is 5.97 Å². The van der Waals surface area contributed by atoms with Crippen LogP contribution in [0.1, 0.15) is 43.0 Å². The van der Waals surface area contributed by atoms with Gasteiger partial charge in [0.05, 0.1) is 11.3 Å². The second-order valence-corrected chi connectivity index (χ2v) is 6.81. The lowest BCUT2D eigenvalue weighted by atomic mass is 9.87. The molecule has 1 aromatic carbocycles. The van der Waals surface area contributed by atoms with Gasteiger partial charge in [-0.2, -0.15) is 0 Å². The van der Waals surface area contributed by atoms with Crippen LogP contribution in [0.2, 0.25) is 0 Å². The molecule has 1 aromatic rings. The van der Waals surface area contributed by atoms with E-state index in [1.165, 1.54) is 6.42 Å². The molecule has 0 aliphatic heterocycles. The average Bonchev–Trinajstić information content (AvgIpc) is 2.40. The smallest absolute Gasteiger partial charge is 0.337 e. The van der Waals surface area contributed by atoms with Crippen LogP contribution in [0, 0.1) is 9.49 Å². The van der Waals surface area contributed by atoms with Crippen molar-refractivity contribution in [2.24, 2.45) is 5.92 Å². The number of aromatic carboxylic acids is 1. The van der Waals surface area contributed by atoms with Gasteiger partial charge in [-0.05, 0) is 59.5 Å². The Hall–Kier alpha value is -1.31. The summed E-state index contributed by atoms with van der Waals surface area (Å²) in [5.74, 6) is -0.424. The predicted octanol–water partition coefficient (Wildman–Crippen LogP) is 3.69. The highest BCUT2D eigenvalue weighted by Gasteiger charge is 2.21. The number of halogens is 1. The molecule has 0 aromatic heterocycles. The normalized spacial score (nSPS) is 21.6. The molecule has 2 unspecified atom stereocenters.